The number of methoxy groups -OCH3 is 3. The van der Waals surface area contributed by atoms with Gasteiger partial charge < -0.3 is 33.3 Å². The third kappa shape index (κ3) is 6.87. The minimum absolute atomic E-state index is 0.0694. The molecule has 1 amide bonds. The Balaban J connectivity index is 1.33. The lowest BCUT2D eigenvalue weighted by molar-refractivity contribution is -0.134. The summed E-state index contributed by atoms with van der Waals surface area (Å²) in [4.78, 5) is 20.5. The lowest BCUT2D eigenvalue weighted by atomic mass is 9.85. The van der Waals surface area contributed by atoms with Gasteiger partial charge in [-0.3, -0.25) is 14.6 Å². The first kappa shape index (κ1) is 36.2. The van der Waals surface area contributed by atoms with Crippen LogP contribution in [0.25, 0.3) is 0 Å². The van der Waals surface area contributed by atoms with Crippen LogP contribution < -0.4 is 23.7 Å². The highest BCUT2D eigenvalue weighted by atomic mass is 16.5. The van der Waals surface area contributed by atoms with E-state index in [1.807, 2.05) is 23.1 Å². The summed E-state index contributed by atoms with van der Waals surface area (Å²) in [6, 6.07) is 19.2. The first-order valence-electron chi connectivity index (χ1n) is 19.1. The Morgan fingerprint density at radius 3 is 2.19 bits per heavy atom. The Morgan fingerprint density at radius 1 is 0.741 bits per heavy atom. The second kappa shape index (κ2) is 15.2. The van der Waals surface area contributed by atoms with E-state index in [4.69, 9.17) is 28.4 Å². The van der Waals surface area contributed by atoms with E-state index in [2.05, 4.69) is 67.2 Å². The quantitative estimate of drug-likeness (QED) is 0.219. The van der Waals surface area contributed by atoms with Crippen molar-refractivity contribution in [1.29, 1.82) is 0 Å². The average molecular weight is 734 g/mol. The maximum Gasteiger partial charge on any atom is 0.227 e. The standard InChI is InChI=1S/C44H51N3O7/c1-27-19-29-11-13-45(2)35-20-28-7-9-33(10-8-28)53-39-24-31(32(23-38(39)49-4)25-41(48)47-15-17-52-18-16-47)21-36-42-30(12-14-46(36)3)22-40(50-5)43(51-6)44(42)54-37(27)26-34(29)35/h7-10,19,22-24,26,35-36H,11-18,20-21,25H2,1-6H3/t35-,36-/m0/s1. The maximum atomic E-state index is 13.8. The van der Waals surface area contributed by atoms with Crippen molar-refractivity contribution in [3.05, 3.63) is 99.1 Å². The number of hydrogen-bond acceptors (Lipinski definition) is 9. The molecule has 0 unspecified atom stereocenters. The minimum Gasteiger partial charge on any atom is -0.493 e. The van der Waals surface area contributed by atoms with Crippen molar-refractivity contribution >= 4 is 5.91 Å². The van der Waals surface area contributed by atoms with Crippen LogP contribution in [0.4, 0.5) is 0 Å². The molecule has 0 aliphatic carbocycles. The highest BCUT2D eigenvalue weighted by molar-refractivity contribution is 5.79. The summed E-state index contributed by atoms with van der Waals surface area (Å²) in [6.07, 6.45) is 3.48. The highest BCUT2D eigenvalue weighted by Crippen LogP contribution is 2.51. The Bertz CT molecular complexity index is 2040. The van der Waals surface area contributed by atoms with E-state index in [1.165, 1.54) is 16.7 Å². The van der Waals surface area contributed by atoms with Gasteiger partial charge in [0, 0.05) is 43.8 Å². The molecular formula is C44H51N3O7. The third-order valence-electron chi connectivity index (χ3n) is 11.8. The number of nitrogens with zero attached hydrogens (tertiary/aromatic N) is 3. The van der Waals surface area contributed by atoms with Crippen molar-refractivity contribution in [2.75, 3.05) is 74.8 Å². The fourth-order valence-electron chi connectivity index (χ4n) is 8.67. The van der Waals surface area contributed by atoms with Gasteiger partial charge in [0.2, 0.25) is 11.7 Å². The molecule has 284 valence electrons. The predicted molar refractivity (Wildman–Crippen MR) is 207 cm³/mol. The number of carbonyl (C=O) groups is 1. The summed E-state index contributed by atoms with van der Waals surface area (Å²) >= 11 is 0. The van der Waals surface area contributed by atoms with E-state index < -0.39 is 0 Å². The lowest BCUT2D eigenvalue weighted by Gasteiger charge is -2.38. The summed E-state index contributed by atoms with van der Waals surface area (Å²) in [7, 11) is 9.37. The van der Waals surface area contributed by atoms with Gasteiger partial charge >= 0.3 is 0 Å². The predicted octanol–water partition coefficient (Wildman–Crippen LogP) is 6.86. The second-order valence-corrected chi connectivity index (χ2v) is 15.0. The molecule has 5 aliphatic heterocycles. The van der Waals surface area contributed by atoms with Crippen molar-refractivity contribution in [3.63, 3.8) is 0 Å². The van der Waals surface area contributed by atoms with Crippen LogP contribution in [0.2, 0.25) is 0 Å². The molecule has 10 nitrogen and oxygen atoms in total. The average Bonchev–Trinajstić information content (AvgIpc) is 3.18. The number of carbonyl (C=O) groups excluding carboxylic acids is 1. The van der Waals surface area contributed by atoms with Crippen LogP contribution in [0, 0.1) is 6.92 Å². The number of ether oxygens (including phenoxy) is 6. The van der Waals surface area contributed by atoms with Gasteiger partial charge in [-0.05, 0) is 122 Å². The monoisotopic (exact) mass is 733 g/mol. The van der Waals surface area contributed by atoms with E-state index in [-0.39, 0.29) is 24.4 Å². The van der Waals surface area contributed by atoms with Crippen molar-refractivity contribution in [2.24, 2.45) is 0 Å². The van der Waals surface area contributed by atoms with Crippen LogP contribution in [-0.2, 0) is 41.6 Å². The molecule has 5 heterocycles. The molecule has 2 atom stereocenters. The molecule has 0 aromatic heterocycles. The van der Waals surface area contributed by atoms with Gasteiger partial charge in [-0.1, -0.05) is 18.2 Å². The van der Waals surface area contributed by atoms with Crippen LogP contribution in [0.5, 0.6) is 40.2 Å². The highest BCUT2D eigenvalue weighted by Gasteiger charge is 2.35. The Hall–Kier alpha value is -4.77. The first-order chi connectivity index (χ1) is 26.2. The molecule has 0 N–H and O–H groups in total. The van der Waals surface area contributed by atoms with Gasteiger partial charge in [0.05, 0.1) is 41.0 Å². The number of fused-ring (bicyclic) bond motifs is 2. The van der Waals surface area contributed by atoms with Crippen molar-refractivity contribution < 1.29 is 33.2 Å². The summed E-state index contributed by atoms with van der Waals surface area (Å²) in [5.74, 6) is 4.67. The molecule has 9 rings (SSSR count). The number of aryl methyl sites for hydroxylation is 1. The zero-order chi connectivity index (χ0) is 37.5. The van der Waals surface area contributed by atoms with Gasteiger partial charge in [-0.2, -0.15) is 0 Å². The lowest BCUT2D eigenvalue weighted by Crippen LogP contribution is -2.41. The molecular weight excluding hydrogens is 682 g/mol. The third-order valence-corrected chi connectivity index (χ3v) is 11.8. The molecule has 4 aromatic rings. The van der Waals surface area contributed by atoms with Gasteiger partial charge in [0.15, 0.2) is 23.0 Å². The fraction of sp³-hybridized carbons (Fsp3) is 0.432. The van der Waals surface area contributed by atoms with E-state index in [0.717, 1.165) is 71.7 Å². The molecule has 4 aromatic carbocycles. The van der Waals surface area contributed by atoms with Crippen LogP contribution in [0.15, 0.2) is 54.6 Å². The summed E-state index contributed by atoms with van der Waals surface area (Å²) < 4.78 is 37.4. The van der Waals surface area contributed by atoms with Crippen molar-refractivity contribution in [3.8, 4) is 40.2 Å². The van der Waals surface area contributed by atoms with E-state index >= 15 is 0 Å². The number of likely N-dealkylation sites (N-methyl/N-ethyl adjacent to an activating group) is 2. The minimum atomic E-state index is -0.114. The van der Waals surface area contributed by atoms with E-state index in [0.29, 0.717) is 61.5 Å². The normalized spacial score (nSPS) is 19.9. The van der Waals surface area contributed by atoms with Crippen molar-refractivity contribution in [1.82, 2.24) is 14.7 Å². The molecule has 0 spiro atoms. The van der Waals surface area contributed by atoms with Crippen LogP contribution in [0.1, 0.15) is 56.6 Å². The molecule has 54 heavy (non-hydrogen) atoms. The zero-order valence-corrected chi connectivity index (χ0v) is 32.3. The van der Waals surface area contributed by atoms with Crippen LogP contribution in [0.3, 0.4) is 0 Å². The fourth-order valence-corrected chi connectivity index (χ4v) is 8.67. The topological polar surface area (TPSA) is 82.2 Å². The Kier molecular flexibility index (Phi) is 10.2. The number of amides is 1. The number of morpholine rings is 1. The Labute approximate surface area is 318 Å². The number of rotatable bonds is 5. The maximum absolute atomic E-state index is 13.8. The summed E-state index contributed by atoms with van der Waals surface area (Å²) in [6.45, 7) is 6.23. The van der Waals surface area contributed by atoms with Gasteiger partial charge in [-0.25, -0.2) is 0 Å². The van der Waals surface area contributed by atoms with Gasteiger partial charge in [0.25, 0.3) is 0 Å². The number of hydrogen-bond donors (Lipinski definition) is 0. The Morgan fingerprint density at radius 2 is 1.46 bits per heavy atom. The molecule has 5 aliphatic rings. The van der Waals surface area contributed by atoms with Crippen molar-refractivity contribution in [2.45, 2.75) is 51.1 Å². The summed E-state index contributed by atoms with van der Waals surface area (Å²) in [5.41, 5.74) is 9.07. The van der Waals surface area contributed by atoms with Crippen LogP contribution in [-0.4, -0.2) is 95.4 Å². The molecule has 1 fully saturated rings. The largest absolute Gasteiger partial charge is 0.493 e. The van der Waals surface area contributed by atoms with Crippen LogP contribution >= 0.6 is 0 Å². The molecule has 6 bridgehead atoms. The zero-order valence-electron chi connectivity index (χ0n) is 32.3. The molecule has 0 radical (unpaired) electrons. The van der Waals surface area contributed by atoms with Gasteiger partial charge in [0.1, 0.15) is 11.5 Å². The van der Waals surface area contributed by atoms with E-state index in [1.54, 1.807) is 21.3 Å². The summed E-state index contributed by atoms with van der Waals surface area (Å²) in [5, 5.41) is 0. The van der Waals surface area contributed by atoms with E-state index in [9.17, 15) is 4.79 Å². The van der Waals surface area contributed by atoms with Gasteiger partial charge in [-0.15, -0.1) is 0 Å². The molecule has 10 heteroatoms. The smallest absolute Gasteiger partial charge is 0.227 e. The number of benzene rings is 4. The second-order valence-electron chi connectivity index (χ2n) is 15.0. The molecule has 0 saturated carbocycles. The SMILES string of the molecule is COc1cc(CC(=O)N2CCOCC2)c2cc1Oc1ccc(cc1)C[C@H]1c3cc(c(C)cc3CCN1C)Oc1c(OC)c(OC)cc3c1[C@H](C2)N(C)CC3. The molecule has 1 saturated heterocycles. The first-order valence-corrected chi connectivity index (χ1v) is 19.1.